The number of nitrogens with zero attached hydrogens (tertiary/aromatic N) is 2. The maximum atomic E-state index is 13.7. The number of primary sulfonamides is 1. The molecule has 0 aliphatic carbocycles. The van der Waals surface area contributed by atoms with E-state index in [-0.39, 0.29) is 35.2 Å². The van der Waals surface area contributed by atoms with Crippen LogP contribution in [0.2, 0.25) is 0 Å². The fourth-order valence-corrected chi connectivity index (χ4v) is 6.94. The van der Waals surface area contributed by atoms with Crippen LogP contribution in [0.1, 0.15) is 18.7 Å². The summed E-state index contributed by atoms with van der Waals surface area (Å²) < 4.78 is 53.6. The van der Waals surface area contributed by atoms with Gasteiger partial charge >= 0.3 is 0 Å². The van der Waals surface area contributed by atoms with Crippen LogP contribution in [0.25, 0.3) is 22.5 Å². The van der Waals surface area contributed by atoms with Crippen molar-refractivity contribution in [1.29, 1.82) is 0 Å². The molecule has 0 atom stereocenters. The summed E-state index contributed by atoms with van der Waals surface area (Å²) in [6.45, 7) is 1.69. The molecule has 4 N–H and O–H groups in total. The molecule has 1 aliphatic rings. The molecule has 1 fully saturated rings. The highest BCUT2D eigenvalue weighted by atomic mass is 32.2. The van der Waals surface area contributed by atoms with Crippen LogP contribution in [-0.2, 0) is 24.7 Å². The SMILES string of the molecule is Cc1nc(-c2cccc(NC3(C(=O)Nc4ccc(-c5ccccc5S(N)(=O)=O)cc4)CCS(=O)(=O)CC3)c2)no1. The van der Waals surface area contributed by atoms with Crippen LogP contribution in [0.15, 0.2) is 82.2 Å². The topological polar surface area (TPSA) is 174 Å². The molecule has 40 heavy (non-hydrogen) atoms. The number of hydrogen-bond donors (Lipinski definition) is 3. The lowest BCUT2D eigenvalue weighted by Crippen LogP contribution is -2.54. The van der Waals surface area contributed by atoms with Crippen molar-refractivity contribution < 1.29 is 26.2 Å². The third-order valence-electron chi connectivity index (χ3n) is 6.79. The van der Waals surface area contributed by atoms with Gasteiger partial charge in [0.1, 0.15) is 5.54 Å². The molecule has 0 spiro atoms. The Morgan fingerprint density at radius 2 is 1.65 bits per heavy atom. The van der Waals surface area contributed by atoms with E-state index in [9.17, 15) is 21.6 Å². The van der Waals surface area contributed by atoms with Gasteiger partial charge in [-0.05, 0) is 48.7 Å². The Balaban J connectivity index is 1.40. The maximum absolute atomic E-state index is 13.7. The van der Waals surface area contributed by atoms with Gasteiger partial charge < -0.3 is 15.2 Å². The predicted octanol–water partition coefficient (Wildman–Crippen LogP) is 3.36. The lowest BCUT2D eigenvalue weighted by Gasteiger charge is -2.37. The first-order chi connectivity index (χ1) is 18.9. The fraction of sp³-hybridized carbons (Fsp3) is 0.222. The maximum Gasteiger partial charge on any atom is 0.250 e. The van der Waals surface area contributed by atoms with Crippen LogP contribution in [0.3, 0.4) is 0 Å². The van der Waals surface area contributed by atoms with Crippen molar-refractivity contribution in [3.8, 4) is 22.5 Å². The highest BCUT2D eigenvalue weighted by Crippen LogP contribution is 2.32. The number of aromatic nitrogens is 2. The lowest BCUT2D eigenvalue weighted by molar-refractivity contribution is -0.120. The third-order valence-corrected chi connectivity index (χ3v) is 9.41. The second-order valence-corrected chi connectivity index (χ2v) is 13.5. The second kappa shape index (κ2) is 10.5. The largest absolute Gasteiger partial charge is 0.371 e. The molecule has 5 rings (SSSR count). The van der Waals surface area contributed by atoms with Gasteiger partial charge in [-0.15, -0.1) is 0 Å². The number of anilines is 2. The zero-order valence-electron chi connectivity index (χ0n) is 21.5. The van der Waals surface area contributed by atoms with Gasteiger partial charge in [-0.25, -0.2) is 22.0 Å². The molecule has 0 radical (unpaired) electrons. The average Bonchev–Trinajstić information content (AvgIpc) is 3.36. The summed E-state index contributed by atoms with van der Waals surface area (Å²) in [5.74, 6) is 0.151. The Kier molecular flexibility index (Phi) is 7.21. The van der Waals surface area contributed by atoms with E-state index in [1.807, 2.05) is 6.07 Å². The van der Waals surface area contributed by atoms with Crippen LogP contribution in [0, 0.1) is 6.92 Å². The summed E-state index contributed by atoms with van der Waals surface area (Å²) in [6, 6.07) is 20.2. The summed E-state index contributed by atoms with van der Waals surface area (Å²) in [5, 5.41) is 15.5. The van der Waals surface area contributed by atoms with E-state index < -0.39 is 25.4 Å². The fourth-order valence-electron chi connectivity index (χ4n) is 4.66. The number of carbonyl (C=O) groups excluding carboxylic acids is 1. The Morgan fingerprint density at radius 1 is 0.950 bits per heavy atom. The Bertz CT molecular complexity index is 1770. The summed E-state index contributed by atoms with van der Waals surface area (Å²) >= 11 is 0. The third kappa shape index (κ3) is 5.91. The summed E-state index contributed by atoms with van der Waals surface area (Å²) in [6.07, 6.45) is 0.152. The average molecular weight is 582 g/mol. The van der Waals surface area contributed by atoms with Crippen molar-refractivity contribution in [2.75, 3.05) is 22.1 Å². The number of hydrogen-bond acceptors (Lipinski definition) is 9. The first-order valence-corrected chi connectivity index (χ1v) is 15.7. The molecule has 208 valence electrons. The van der Waals surface area contributed by atoms with Crippen molar-refractivity contribution >= 4 is 37.1 Å². The van der Waals surface area contributed by atoms with Crippen LogP contribution >= 0.6 is 0 Å². The number of nitrogens with two attached hydrogens (primary N) is 1. The number of aryl methyl sites for hydroxylation is 1. The van der Waals surface area contributed by atoms with Gasteiger partial charge in [0, 0.05) is 29.4 Å². The monoisotopic (exact) mass is 581 g/mol. The Labute approximate surface area is 231 Å². The highest BCUT2D eigenvalue weighted by molar-refractivity contribution is 7.91. The molecule has 1 aliphatic heterocycles. The molecular formula is C27H27N5O6S2. The lowest BCUT2D eigenvalue weighted by atomic mass is 9.90. The molecule has 2 heterocycles. The van der Waals surface area contributed by atoms with Gasteiger partial charge in [0.25, 0.3) is 0 Å². The van der Waals surface area contributed by atoms with E-state index in [0.717, 1.165) is 0 Å². The first-order valence-electron chi connectivity index (χ1n) is 12.4. The van der Waals surface area contributed by atoms with Gasteiger partial charge in [-0.3, -0.25) is 4.79 Å². The van der Waals surface area contributed by atoms with Crippen LogP contribution in [0.5, 0.6) is 0 Å². The van der Waals surface area contributed by atoms with E-state index in [4.69, 9.17) is 9.66 Å². The number of sulfonamides is 1. The van der Waals surface area contributed by atoms with E-state index in [1.165, 1.54) is 6.07 Å². The molecule has 0 unspecified atom stereocenters. The molecule has 1 amide bonds. The number of benzene rings is 3. The molecule has 4 aromatic rings. The van der Waals surface area contributed by atoms with E-state index >= 15 is 0 Å². The molecule has 1 saturated heterocycles. The number of nitrogens with one attached hydrogen (secondary N) is 2. The molecule has 1 aromatic heterocycles. The molecule has 11 nitrogen and oxygen atoms in total. The van der Waals surface area contributed by atoms with Gasteiger partial charge in [0.15, 0.2) is 9.84 Å². The smallest absolute Gasteiger partial charge is 0.250 e. The molecule has 0 bridgehead atoms. The van der Waals surface area contributed by atoms with E-state index in [2.05, 4.69) is 20.8 Å². The number of amides is 1. The molecule has 13 heteroatoms. The summed E-state index contributed by atoms with van der Waals surface area (Å²) in [4.78, 5) is 17.9. The number of carbonyl (C=O) groups is 1. The Hall–Kier alpha value is -4.07. The van der Waals surface area contributed by atoms with Gasteiger partial charge in [0.2, 0.25) is 27.6 Å². The molecular weight excluding hydrogens is 554 g/mol. The normalized spacial score (nSPS) is 16.2. The van der Waals surface area contributed by atoms with Crippen molar-refractivity contribution in [1.82, 2.24) is 10.1 Å². The van der Waals surface area contributed by atoms with Gasteiger partial charge in [-0.2, -0.15) is 4.98 Å². The summed E-state index contributed by atoms with van der Waals surface area (Å²) in [5.41, 5.74) is 1.59. The Morgan fingerprint density at radius 3 is 2.30 bits per heavy atom. The predicted molar refractivity (Wildman–Crippen MR) is 151 cm³/mol. The molecule has 3 aromatic carbocycles. The van der Waals surface area contributed by atoms with Crippen LogP contribution in [0.4, 0.5) is 11.4 Å². The van der Waals surface area contributed by atoms with Crippen molar-refractivity contribution in [2.24, 2.45) is 5.14 Å². The van der Waals surface area contributed by atoms with Crippen molar-refractivity contribution in [3.05, 3.63) is 78.7 Å². The standard InChI is InChI=1S/C27H27N5O6S2/c1-18-29-25(32-38-18)20-5-4-6-22(17-20)31-27(13-15-39(34,35)16-14-27)26(33)30-21-11-9-19(10-12-21)23-7-2-3-8-24(23)40(28,36)37/h2-12,17,31H,13-16H2,1H3,(H,30,33)(H2,28,36,37). The van der Waals surface area contributed by atoms with Crippen LogP contribution in [-0.4, -0.2) is 49.9 Å². The minimum atomic E-state index is -3.93. The zero-order chi connectivity index (χ0) is 28.5. The van der Waals surface area contributed by atoms with Gasteiger partial charge in [0.05, 0.1) is 16.4 Å². The minimum absolute atomic E-state index is 0.00318. The van der Waals surface area contributed by atoms with E-state index in [0.29, 0.717) is 39.8 Å². The second-order valence-electron chi connectivity index (χ2n) is 9.65. The highest BCUT2D eigenvalue weighted by Gasteiger charge is 2.43. The van der Waals surface area contributed by atoms with E-state index in [1.54, 1.807) is 67.6 Å². The van der Waals surface area contributed by atoms with Crippen molar-refractivity contribution in [2.45, 2.75) is 30.2 Å². The zero-order valence-corrected chi connectivity index (χ0v) is 23.1. The summed E-state index contributed by atoms with van der Waals surface area (Å²) in [7, 11) is -7.20. The van der Waals surface area contributed by atoms with Crippen molar-refractivity contribution in [3.63, 3.8) is 0 Å². The quantitative estimate of drug-likeness (QED) is 0.296. The van der Waals surface area contributed by atoms with Crippen LogP contribution < -0.4 is 15.8 Å². The van der Waals surface area contributed by atoms with Gasteiger partial charge in [-0.1, -0.05) is 47.6 Å². The first kappa shape index (κ1) is 27.5. The number of rotatable bonds is 7. The number of sulfone groups is 1. The molecule has 0 saturated carbocycles. The minimum Gasteiger partial charge on any atom is -0.371 e.